The van der Waals surface area contributed by atoms with E-state index in [9.17, 15) is 4.79 Å². The van der Waals surface area contributed by atoms with Crippen LogP contribution in [0.1, 0.15) is 20.3 Å². The van der Waals surface area contributed by atoms with Crippen molar-refractivity contribution in [2.75, 3.05) is 19.8 Å². The Hall–Kier alpha value is -0.870. The number of ether oxygens (including phenoxy) is 1. The van der Waals surface area contributed by atoms with Gasteiger partial charge in [0.25, 0.3) is 0 Å². The first-order valence-electron chi connectivity index (χ1n) is 5.93. The first-order valence-corrected chi connectivity index (χ1v) is 5.93. The third kappa shape index (κ3) is 3.61. The average Bonchev–Trinajstić information content (AvgIpc) is 2.74. The van der Waals surface area contributed by atoms with Gasteiger partial charge < -0.3 is 15.4 Å². The maximum absolute atomic E-state index is 11.9. The number of hydrogen-bond donors (Lipinski definition) is 2. The van der Waals surface area contributed by atoms with Crippen LogP contribution in [-0.4, -0.2) is 37.7 Å². The molecule has 1 fully saturated rings. The second-order valence-corrected chi connectivity index (χ2v) is 4.24. The van der Waals surface area contributed by atoms with Crippen LogP contribution in [0.25, 0.3) is 0 Å². The molecule has 1 heterocycles. The van der Waals surface area contributed by atoms with Crippen molar-refractivity contribution in [1.29, 1.82) is 0 Å². The molecule has 0 aromatic rings. The van der Waals surface area contributed by atoms with Gasteiger partial charge in [-0.1, -0.05) is 13.0 Å². The van der Waals surface area contributed by atoms with Gasteiger partial charge in [-0.25, -0.2) is 0 Å². The molecule has 4 heteroatoms. The van der Waals surface area contributed by atoms with Crippen LogP contribution in [0, 0.1) is 5.92 Å². The van der Waals surface area contributed by atoms with Crippen molar-refractivity contribution in [2.24, 2.45) is 5.92 Å². The number of carbonyl (C=O) groups excluding carboxylic acids is 1. The second-order valence-electron chi connectivity index (χ2n) is 4.24. The first kappa shape index (κ1) is 13.2. The predicted molar refractivity (Wildman–Crippen MR) is 64.2 cm³/mol. The highest BCUT2D eigenvalue weighted by molar-refractivity contribution is 5.80. The zero-order chi connectivity index (χ0) is 12.0. The van der Waals surface area contributed by atoms with Crippen molar-refractivity contribution in [3.05, 3.63) is 12.7 Å². The Bertz CT molecular complexity index is 243. The number of nitrogens with one attached hydrogen (secondary N) is 2. The summed E-state index contributed by atoms with van der Waals surface area (Å²) in [6.07, 6.45) is 2.79. The highest BCUT2D eigenvalue weighted by Gasteiger charge is 2.33. The third-order valence-corrected chi connectivity index (χ3v) is 2.80. The van der Waals surface area contributed by atoms with Crippen molar-refractivity contribution >= 4 is 5.91 Å². The normalized spacial score (nSPS) is 26.4. The maximum atomic E-state index is 11.9. The third-order valence-electron chi connectivity index (χ3n) is 2.80. The molecule has 0 spiro atoms. The number of carbonyl (C=O) groups is 1. The molecule has 0 saturated carbocycles. The minimum atomic E-state index is -0.0750. The lowest BCUT2D eigenvalue weighted by atomic mass is 10.0. The standard InChI is InChI=1S/C12H22N2O2/c1-4-6-13-11-8-16-7-10(11)12(15)14-9(3)5-2/h5,9-11,13H,2,4,6-8H2,1,3H3,(H,14,15). The summed E-state index contributed by atoms with van der Waals surface area (Å²) >= 11 is 0. The topological polar surface area (TPSA) is 50.4 Å². The van der Waals surface area contributed by atoms with Crippen LogP contribution in [0.3, 0.4) is 0 Å². The molecule has 92 valence electrons. The summed E-state index contributed by atoms with van der Waals surface area (Å²) in [5.41, 5.74) is 0. The largest absolute Gasteiger partial charge is 0.379 e. The van der Waals surface area contributed by atoms with E-state index in [0.29, 0.717) is 13.2 Å². The van der Waals surface area contributed by atoms with Gasteiger partial charge in [-0.3, -0.25) is 4.79 Å². The Morgan fingerprint density at radius 2 is 2.38 bits per heavy atom. The molecule has 0 aliphatic carbocycles. The molecule has 0 aromatic heterocycles. The molecule has 0 aromatic carbocycles. The van der Waals surface area contributed by atoms with Gasteiger partial charge in [-0.2, -0.15) is 0 Å². The Labute approximate surface area is 97.4 Å². The fraction of sp³-hybridized carbons (Fsp3) is 0.750. The van der Waals surface area contributed by atoms with Crippen molar-refractivity contribution in [3.63, 3.8) is 0 Å². The molecule has 2 N–H and O–H groups in total. The van der Waals surface area contributed by atoms with Crippen LogP contribution in [0.15, 0.2) is 12.7 Å². The molecule has 1 saturated heterocycles. The van der Waals surface area contributed by atoms with Crippen molar-refractivity contribution in [3.8, 4) is 0 Å². The molecule has 3 atom stereocenters. The van der Waals surface area contributed by atoms with Gasteiger partial charge in [-0.05, 0) is 19.9 Å². The smallest absolute Gasteiger partial charge is 0.227 e. The van der Waals surface area contributed by atoms with Gasteiger partial charge in [0.05, 0.1) is 19.1 Å². The molecule has 1 rings (SSSR count). The highest BCUT2D eigenvalue weighted by Crippen LogP contribution is 2.14. The molecule has 1 aliphatic rings. The minimum absolute atomic E-state index is 0.0138. The van der Waals surface area contributed by atoms with E-state index in [1.807, 2.05) is 6.92 Å². The van der Waals surface area contributed by atoms with E-state index in [0.717, 1.165) is 13.0 Å². The fourth-order valence-electron chi connectivity index (χ4n) is 1.73. The van der Waals surface area contributed by atoms with Gasteiger partial charge in [0.1, 0.15) is 0 Å². The van der Waals surface area contributed by atoms with Crippen LogP contribution in [0.2, 0.25) is 0 Å². The molecule has 1 aliphatic heterocycles. The predicted octanol–water partition coefficient (Wildman–Crippen LogP) is 0.692. The monoisotopic (exact) mass is 226 g/mol. The lowest BCUT2D eigenvalue weighted by molar-refractivity contribution is -0.125. The van der Waals surface area contributed by atoms with E-state index < -0.39 is 0 Å². The van der Waals surface area contributed by atoms with E-state index in [1.165, 1.54) is 0 Å². The number of rotatable bonds is 6. The van der Waals surface area contributed by atoms with E-state index in [-0.39, 0.29) is 23.9 Å². The van der Waals surface area contributed by atoms with Gasteiger partial charge in [0.2, 0.25) is 5.91 Å². The Morgan fingerprint density at radius 1 is 1.62 bits per heavy atom. The van der Waals surface area contributed by atoms with Gasteiger partial charge in [-0.15, -0.1) is 6.58 Å². The summed E-state index contributed by atoms with van der Waals surface area (Å²) in [4.78, 5) is 11.9. The van der Waals surface area contributed by atoms with Crippen molar-refractivity contribution in [1.82, 2.24) is 10.6 Å². The first-order chi connectivity index (χ1) is 7.69. The van der Waals surface area contributed by atoms with Crippen LogP contribution in [0.5, 0.6) is 0 Å². The molecule has 0 radical (unpaired) electrons. The average molecular weight is 226 g/mol. The van der Waals surface area contributed by atoms with Gasteiger partial charge in [0.15, 0.2) is 0 Å². The SMILES string of the molecule is C=CC(C)NC(=O)C1COCC1NCCC. The lowest BCUT2D eigenvalue weighted by Gasteiger charge is -2.19. The van der Waals surface area contributed by atoms with Crippen molar-refractivity contribution < 1.29 is 9.53 Å². The summed E-state index contributed by atoms with van der Waals surface area (Å²) in [6.45, 7) is 9.73. The lowest BCUT2D eigenvalue weighted by Crippen LogP contribution is -2.46. The van der Waals surface area contributed by atoms with Crippen LogP contribution < -0.4 is 10.6 Å². The van der Waals surface area contributed by atoms with Gasteiger partial charge >= 0.3 is 0 Å². The van der Waals surface area contributed by atoms with Crippen molar-refractivity contribution in [2.45, 2.75) is 32.4 Å². The summed E-state index contributed by atoms with van der Waals surface area (Å²) in [7, 11) is 0. The van der Waals surface area contributed by atoms with Crippen LogP contribution in [0.4, 0.5) is 0 Å². The minimum Gasteiger partial charge on any atom is -0.379 e. The maximum Gasteiger partial charge on any atom is 0.227 e. The Morgan fingerprint density at radius 3 is 3.00 bits per heavy atom. The summed E-state index contributed by atoms with van der Waals surface area (Å²) in [6, 6.07) is 0.164. The van der Waals surface area contributed by atoms with Crippen LogP contribution >= 0.6 is 0 Å². The summed E-state index contributed by atoms with van der Waals surface area (Å²) < 4.78 is 5.35. The van der Waals surface area contributed by atoms with E-state index in [2.05, 4.69) is 24.1 Å². The zero-order valence-corrected chi connectivity index (χ0v) is 10.2. The molecular weight excluding hydrogens is 204 g/mol. The molecule has 3 unspecified atom stereocenters. The molecular formula is C12H22N2O2. The molecule has 0 bridgehead atoms. The quantitative estimate of drug-likeness (QED) is 0.655. The van der Waals surface area contributed by atoms with Gasteiger partial charge in [0, 0.05) is 12.1 Å². The molecule has 1 amide bonds. The van der Waals surface area contributed by atoms with E-state index >= 15 is 0 Å². The summed E-state index contributed by atoms with van der Waals surface area (Å²) in [5.74, 6) is -0.0209. The zero-order valence-electron chi connectivity index (χ0n) is 10.2. The fourth-order valence-corrected chi connectivity index (χ4v) is 1.73. The van der Waals surface area contributed by atoms with E-state index in [4.69, 9.17) is 4.74 Å². The van der Waals surface area contributed by atoms with Crippen LogP contribution in [-0.2, 0) is 9.53 Å². The van der Waals surface area contributed by atoms with E-state index in [1.54, 1.807) is 6.08 Å². The molecule has 4 nitrogen and oxygen atoms in total. The second kappa shape index (κ2) is 6.66. The number of hydrogen-bond acceptors (Lipinski definition) is 3. The number of amides is 1. The molecule has 16 heavy (non-hydrogen) atoms. The summed E-state index contributed by atoms with van der Waals surface area (Å²) in [5, 5.41) is 6.24. The highest BCUT2D eigenvalue weighted by atomic mass is 16.5. The Kier molecular flexibility index (Phi) is 5.49. The Balaban J connectivity index is 2.43.